The normalized spacial score (nSPS) is 13.5. The van der Waals surface area contributed by atoms with E-state index in [0.29, 0.717) is 0 Å². The quantitative estimate of drug-likeness (QED) is 0.571. The van der Waals surface area contributed by atoms with Gasteiger partial charge in [-0.05, 0) is 24.6 Å². The molecule has 4 aromatic rings. The lowest BCUT2D eigenvalue weighted by Gasteiger charge is -2.21. The van der Waals surface area contributed by atoms with E-state index in [1.807, 2.05) is 6.07 Å². The number of nitrogens with one attached hydrogen (secondary N) is 2. The van der Waals surface area contributed by atoms with Gasteiger partial charge in [0.2, 0.25) is 5.95 Å². The number of anilines is 1. The van der Waals surface area contributed by atoms with Gasteiger partial charge >= 0.3 is 0 Å². The van der Waals surface area contributed by atoms with Crippen molar-refractivity contribution in [1.29, 1.82) is 0 Å². The molecule has 2 N–H and O–H groups in total. The Hall–Kier alpha value is -3.18. The van der Waals surface area contributed by atoms with Crippen LogP contribution in [-0.2, 0) is 19.5 Å². The zero-order valence-electron chi connectivity index (χ0n) is 15.9. The Kier molecular flexibility index (Phi) is 4.29. The van der Waals surface area contributed by atoms with Gasteiger partial charge in [0.15, 0.2) is 0 Å². The van der Waals surface area contributed by atoms with Gasteiger partial charge in [-0.1, -0.05) is 48.5 Å². The minimum atomic E-state index is 0.745. The van der Waals surface area contributed by atoms with Crippen LogP contribution in [0.15, 0.2) is 60.7 Å². The molecule has 28 heavy (non-hydrogen) atoms. The molecule has 0 amide bonds. The first-order valence-corrected chi connectivity index (χ1v) is 9.75. The lowest BCUT2D eigenvalue weighted by molar-refractivity contribution is 0.624. The number of aryl methyl sites for hydroxylation is 1. The van der Waals surface area contributed by atoms with Crippen LogP contribution in [0.3, 0.4) is 0 Å². The first-order chi connectivity index (χ1) is 13.8. The molecule has 2 aromatic heterocycles. The summed E-state index contributed by atoms with van der Waals surface area (Å²) in [7, 11) is 0. The van der Waals surface area contributed by atoms with E-state index in [-0.39, 0.29) is 0 Å². The van der Waals surface area contributed by atoms with E-state index in [4.69, 9.17) is 9.97 Å². The number of rotatable bonds is 4. The highest BCUT2D eigenvalue weighted by Gasteiger charge is 2.19. The number of nitrogens with zero attached hydrogens (tertiary/aromatic N) is 3. The Balaban J connectivity index is 1.60. The summed E-state index contributed by atoms with van der Waals surface area (Å²) in [6.07, 6.45) is 0.920. The van der Waals surface area contributed by atoms with E-state index in [0.717, 1.165) is 54.7 Å². The fourth-order valence-electron chi connectivity index (χ4n) is 3.92. The predicted molar refractivity (Wildman–Crippen MR) is 113 cm³/mol. The van der Waals surface area contributed by atoms with E-state index in [9.17, 15) is 0 Å². The van der Waals surface area contributed by atoms with Gasteiger partial charge in [0, 0.05) is 42.7 Å². The molecule has 0 aliphatic carbocycles. The Morgan fingerprint density at radius 1 is 1.04 bits per heavy atom. The molecule has 0 saturated carbocycles. The maximum atomic E-state index is 4.96. The largest absolute Gasteiger partial charge is 0.366 e. The molecule has 3 heterocycles. The summed E-state index contributed by atoms with van der Waals surface area (Å²) >= 11 is 0. The summed E-state index contributed by atoms with van der Waals surface area (Å²) < 4.78 is 2.16. The number of para-hydroxylation sites is 1. The van der Waals surface area contributed by atoms with E-state index >= 15 is 0 Å². The van der Waals surface area contributed by atoms with Crippen LogP contribution >= 0.6 is 0 Å². The van der Waals surface area contributed by atoms with Crippen molar-refractivity contribution in [2.24, 2.45) is 0 Å². The van der Waals surface area contributed by atoms with E-state index < -0.39 is 0 Å². The molecule has 5 heteroatoms. The maximum Gasteiger partial charge on any atom is 0.236 e. The number of hydrogen-bond donors (Lipinski definition) is 2. The lowest BCUT2D eigenvalue weighted by atomic mass is 10.1. The Morgan fingerprint density at radius 2 is 1.86 bits per heavy atom. The lowest BCUT2D eigenvalue weighted by Crippen LogP contribution is -2.27. The van der Waals surface area contributed by atoms with Crippen molar-refractivity contribution >= 4 is 16.7 Å². The van der Waals surface area contributed by atoms with Crippen LogP contribution in [0.25, 0.3) is 16.9 Å². The fraction of sp³-hybridized carbons (Fsp3) is 0.217. The summed E-state index contributed by atoms with van der Waals surface area (Å²) in [4.78, 5) is 9.91. The minimum Gasteiger partial charge on any atom is -0.366 e. The third-order valence-corrected chi connectivity index (χ3v) is 5.32. The van der Waals surface area contributed by atoms with E-state index in [1.54, 1.807) is 0 Å². The van der Waals surface area contributed by atoms with E-state index in [2.05, 4.69) is 76.7 Å². The molecule has 0 spiro atoms. The molecular weight excluding hydrogens is 346 g/mol. The zero-order chi connectivity index (χ0) is 18.9. The summed E-state index contributed by atoms with van der Waals surface area (Å²) in [5.74, 6) is 1.67. The SMILES string of the molecule is Cc1cc2ccccc2n1-c1nc2c(c(NCc3ccccc3)n1)CNCC2. The molecule has 0 unspecified atom stereocenters. The fourth-order valence-corrected chi connectivity index (χ4v) is 3.92. The molecular formula is C23H23N5. The number of hydrogen-bond acceptors (Lipinski definition) is 4. The molecule has 0 bridgehead atoms. The van der Waals surface area contributed by atoms with Crippen molar-refractivity contribution in [3.63, 3.8) is 0 Å². The molecule has 2 aromatic carbocycles. The van der Waals surface area contributed by atoms with Crippen molar-refractivity contribution in [3.05, 3.63) is 83.2 Å². The smallest absolute Gasteiger partial charge is 0.236 e. The topological polar surface area (TPSA) is 54.8 Å². The third-order valence-electron chi connectivity index (χ3n) is 5.32. The summed E-state index contributed by atoms with van der Waals surface area (Å²) in [6.45, 7) is 4.61. The molecule has 1 aliphatic heterocycles. The average Bonchev–Trinajstić information content (AvgIpc) is 3.08. The number of fused-ring (bicyclic) bond motifs is 2. The van der Waals surface area contributed by atoms with Gasteiger partial charge in [-0.3, -0.25) is 4.57 Å². The van der Waals surface area contributed by atoms with Crippen LogP contribution in [0.2, 0.25) is 0 Å². The molecule has 140 valence electrons. The standard InChI is InChI=1S/C23H23N5/c1-16-13-18-9-5-6-10-21(18)28(16)23-26-20-11-12-24-15-19(20)22(27-23)25-14-17-7-3-2-4-8-17/h2-10,13,24H,11-12,14-15H2,1H3,(H,25,26,27). The highest BCUT2D eigenvalue weighted by atomic mass is 15.2. The highest BCUT2D eigenvalue weighted by Crippen LogP contribution is 2.26. The summed E-state index contributed by atoms with van der Waals surface area (Å²) in [5, 5.41) is 8.21. The Bertz CT molecular complexity index is 1130. The molecule has 0 atom stereocenters. The molecule has 0 radical (unpaired) electrons. The second-order valence-corrected chi connectivity index (χ2v) is 7.24. The second-order valence-electron chi connectivity index (χ2n) is 7.24. The Morgan fingerprint density at radius 3 is 2.75 bits per heavy atom. The van der Waals surface area contributed by atoms with Crippen molar-refractivity contribution in [2.75, 3.05) is 11.9 Å². The van der Waals surface area contributed by atoms with Gasteiger partial charge in [0.25, 0.3) is 0 Å². The van der Waals surface area contributed by atoms with Gasteiger partial charge in [0.05, 0.1) is 11.2 Å². The number of benzene rings is 2. The highest BCUT2D eigenvalue weighted by molar-refractivity contribution is 5.82. The molecule has 0 saturated heterocycles. The molecule has 5 nitrogen and oxygen atoms in total. The molecule has 1 aliphatic rings. The number of aromatic nitrogens is 3. The van der Waals surface area contributed by atoms with Crippen LogP contribution in [-0.4, -0.2) is 21.1 Å². The van der Waals surface area contributed by atoms with Gasteiger partial charge in [-0.2, -0.15) is 4.98 Å². The monoisotopic (exact) mass is 369 g/mol. The first-order valence-electron chi connectivity index (χ1n) is 9.75. The van der Waals surface area contributed by atoms with Crippen LogP contribution in [0.5, 0.6) is 0 Å². The second kappa shape index (κ2) is 7.09. The average molecular weight is 369 g/mol. The minimum absolute atomic E-state index is 0.745. The van der Waals surface area contributed by atoms with Crippen LogP contribution in [0.1, 0.15) is 22.5 Å². The van der Waals surface area contributed by atoms with Crippen molar-refractivity contribution in [3.8, 4) is 5.95 Å². The molecule has 0 fully saturated rings. The van der Waals surface area contributed by atoms with Gasteiger partial charge in [-0.15, -0.1) is 0 Å². The van der Waals surface area contributed by atoms with Gasteiger partial charge in [0.1, 0.15) is 5.82 Å². The van der Waals surface area contributed by atoms with E-state index in [1.165, 1.54) is 16.5 Å². The summed E-state index contributed by atoms with van der Waals surface area (Å²) in [5.41, 5.74) is 5.84. The van der Waals surface area contributed by atoms with Crippen molar-refractivity contribution in [2.45, 2.75) is 26.4 Å². The predicted octanol–water partition coefficient (Wildman–Crippen LogP) is 3.99. The Labute approximate surface area is 164 Å². The maximum absolute atomic E-state index is 4.96. The summed E-state index contributed by atoms with van der Waals surface area (Å²) in [6, 6.07) is 21.0. The van der Waals surface area contributed by atoms with Crippen molar-refractivity contribution < 1.29 is 0 Å². The van der Waals surface area contributed by atoms with Crippen molar-refractivity contribution in [1.82, 2.24) is 19.9 Å². The first kappa shape index (κ1) is 17.0. The zero-order valence-corrected chi connectivity index (χ0v) is 15.9. The van der Waals surface area contributed by atoms with Crippen LogP contribution in [0.4, 0.5) is 5.82 Å². The van der Waals surface area contributed by atoms with Crippen LogP contribution < -0.4 is 10.6 Å². The van der Waals surface area contributed by atoms with Gasteiger partial charge < -0.3 is 10.6 Å². The van der Waals surface area contributed by atoms with Crippen LogP contribution in [0, 0.1) is 6.92 Å². The third kappa shape index (κ3) is 3.04. The molecule has 5 rings (SSSR count). The van der Waals surface area contributed by atoms with Gasteiger partial charge in [-0.25, -0.2) is 4.98 Å².